The molecule has 0 spiro atoms. The number of hydrogen-bond acceptors (Lipinski definition) is 4. The summed E-state index contributed by atoms with van der Waals surface area (Å²) in [5.74, 6) is -0.256. The number of carbonyl (C=O) groups excluding carboxylic acids is 1. The molecule has 0 atom stereocenters. The number of amides is 1. The third kappa shape index (κ3) is 4.17. The maximum absolute atomic E-state index is 12.3. The highest BCUT2D eigenvalue weighted by Gasteiger charge is 2.32. The van der Waals surface area contributed by atoms with Gasteiger partial charge in [0.25, 0.3) is 0 Å². The molecule has 0 radical (unpaired) electrons. The average molecular weight is 288 g/mol. The molecule has 1 aromatic heterocycles. The molecule has 1 saturated heterocycles. The molecule has 2 N–H and O–H groups in total. The van der Waals surface area contributed by atoms with Crippen molar-refractivity contribution in [1.82, 2.24) is 15.2 Å². The molecule has 5 nitrogen and oxygen atoms in total. The maximum Gasteiger partial charge on any atom is 0.433 e. The summed E-state index contributed by atoms with van der Waals surface area (Å²) in [7, 11) is 0. The Labute approximate surface area is 114 Å². The van der Waals surface area contributed by atoms with E-state index >= 15 is 0 Å². The highest BCUT2D eigenvalue weighted by molar-refractivity contribution is 5.92. The molecule has 2 heterocycles. The Bertz CT molecular complexity index is 455. The highest BCUT2D eigenvalue weighted by atomic mass is 19.4. The zero-order valence-corrected chi connectivity index (χ0v) is 10.7. The van der Waals surface area contributed by atoms with Crippen molar-refractivity contribution in [3.8, 4) is 0 Å². The quantitative estimate of drug-likeness (QED) is 0.869. The lowest BCUT2D eigenvalue weighted by molar-refractivity contribution is -0.141. The number of pyridine rings is 1. The van der Waals surface area contributed by atoms with Crippen LogP contribution in [0.5, 0.6) is 0 Å². The second-order valence-corrected chi connectivity index (χ2v) is 4.50. The summed E-state index contributed by atoms with van der Waals surface area (Å²) >= 11 is 0. The maximum atomic E-state index is 12.3. The normalized spacial score (nSPS) is 16.9. The molecule has 0 unspecified atom stereocenters. The van der Waals surface area contributed by atoms with Gasteiger partial charge in [0.1, 0.15) is 5.69 Å². The van der Waals surface area contributed by atoms with Gasteiger partial charge in [0.05, 0.1) is 18.4 Å². The Balaban J connectivity index is 1.87. The molecule has 1 aliphatic rings. The van der Waals surface area contributed by atoms with E-state index in [9.17, 15) is 18.0 Å². The first-order valence-corrected chi connectivity index (χ1v) is 6.21. The lowest BCUT2D eigenvalue weighted by atomic mass is 10.3. The van der Waals surface area contributed by atoms with Crippen molar-refractivity contribution < 1.29 is 18.0 Å². The van der Waals surface area contributed by atoms with Crippen LogP contribution in [-0.2, 0) is 11.0 Å². The van der Waals surface area contributed by atoms with Gasteiger partial charge in [0.15, 0.2) is 0 Å². The van der Waals surface area contributed by atoms with Gasteiger partial charge in [0, 0.05) is 26.2 Å². The van der Waals surface area contributed by atoms with Crippen molar-refractivity contribution in [2.45, 2.75) is 6.18 Å². The fourth-order valence-electron chi connectivity index (χ4n) is 1.91. The molecule has 2 rings (SSSR count). The molecular weight excluding hydrogens is 273 g/mol. The predicted octanol–water partition coefficient (Wildman–Crippen LogP) is 0.944. The van der Waals surface area contributed by atoms with Crippen LogP contribution in [0.4, 0.5) is 18.9 Å². The minimum absolute atomic E-state index is 0.225. The van der Waals surface area contributed by atoms with E-state index in [4.69, 9.17) is 0 Å². The number of carbonyl (C=O) groups is 1. The van der Waals surface area contributed by atoms with E-state index in [2.05, 4.69) is 15.6 Å². The zero-order chi connectivity index (χ0) is 14.6. The molecular formula is C12H15F3N4O. The van der Waals surface area contributed by atoms with Crippen LogP contribution >= 0.6 is 0 Å². The molecule has 20 heavy (non-hydrogen) atoms. The van der Waals surface area contributed by atoms with Crippen LogP contribution in [-0.4, -0.2) is 48.5 Å². The number of nitrogens with one attached hydrogen (secondary N) is 2. The van der Waals surface area contributed by atoms with E-state index < -0.39 is 11.9 Å². The lowest BCUT2D eigenvalue weighted by Gasteiger charge is -2.26. The van der Waals surface area contributed by atoms with E-state index in [-0.39, 0.29) is 18.1 Å². The molecule has 110 valence electrons. The van der Waals surface area contributed by atoms with E-state index in [1.807, 2.05) is 4.90 Å². The van der Waals surface area contributed by atoms with E-state index in [0.29, 0.717) is 0 Å². The largest absolute Gasteiger partial charge is 0.433 e. The van der Waals surface area contributed by atoms with Gasteiger partial charge in [-0.15, -0.1) is 0 Å². The molecule has 0 aliphatic carbocycles. The minimum Gasteiger partial charge on any atom is -0.324 e. The molecule has 8 heteroatoms. The molecule has 0 saturated carbocycles. The Morgan fingerprint density at radius 2 is 2.05 bits per heavy atom. The highest BCUT2D eigenvalue weighted by Crippen LogP contribution is 2.27. The standard InChI is InChI=1S/C12H15F3N4O/c13-12(14,15)10-2-1-9(7-17-10)18-11(20)8-19-5-3-16-4-6-19/h1-2,7,16H,3-6,8H2,(H,18,20). The topological polar surface area (TPSA) is 57.3 Å². The summed E-state index contributed by atoms with van der Waals surface area (Å²) in [5.41, 5.74) is -0.712. The third-order valence-corrected chi connectivity index (χ3v) is 2.91. The summed E-state index contributed by atoms with van der Waals surface area (Å²) in [4.78, 5) is 17.0. The molecule has 1 amide bonds. The summed E-state index contributed by atoms with van der Waals surface area (Å²) in [6.45, 7) is 3.43. The number of rotatable bonds is 3. The Kier molecular flexibility index (Phi) is 4.56. The van der Waals surface area contributed by atoms with Crippen LogP contribution in [0.1, 0.15) is 5.69 Å². The lowest BCUT2D eigenvalue weighted by Crippen LogP contribution is -2.46. The zero-order valence-electron chi connectivity index (χ0n) is 10.7. The third-order valence-electron chi connectivity index (χ3n) is 2.91. The van der Waals surface area contributed by atoms with Crippen LogP contribution in [0, 0.1) is 0 Å². The number of piperazine rings is 1. The van der Waals surface area contributed by atoms with Crippen LogP contribution in [0.2, 0.25) is 0 Å². The first-order chi connectivity index (χ1) is 9.45. The summed E-state index contributed by atoms with van der Waals surface area (Å²) in [6.07, 6.45) is -3.46. The summed E-state index contributed by atoms with van der Waals surface area (Å²) in [6, 6.07) is 2.05. The second-order valence-electron chi connectivity index (χ2n) is 4.50. The monoisotopic (exact) mass is 288 g/mol. The first kappa shape index (κ1) is 14.7. The number of halogens is 3. The van der Waals surface area contributed by atoms with Crippen LogP contribution in [0.15, 0.2) is 18.3 Å². The van der Waals surface area contributed by atoms with Gasteiger partial charge in [-0.25, -0.2) is 4.98 Å². The molecule has 1 aromatic rings. The Morgan fingerprint density at radius 3 is 2.60 bits per heavy atom. The van der Waals surface area contributed by atoms with Crippen molar-refractivity contribution in [3.63, 3.8) is 0 Å². The fourth-order valence-corrected chi connectivity index (χ4v) is 1.91. The first-order valence-electron chi connectivity index (χ1n) is 6.21. The molecule has 0 bridgehead atoms. The van der Waals surface area contributed by atoms with E-state index in [1.54, 1.807) is 0 Å². The minimum atomic E-state index is -4.47. The Morgan fingerprint density at radius 1 is 1.35 bits per heavy atom. The molecule has 1 fully saturated rings. The predicted molar refractivity (Wildman–Crippen MR) is 67.2 cm³/mol. The Hall–Kier alpha value is -1.67. The van der Waals surface area contributed by atoms with Crippen LogP contribution < -0.4 is 10.6 Å². The number of aromatic nitrogens is 1. The van der Waals surface area contributed by atoms with Gasteiger partial charge >= 0.3 is 6.18 Å². The van der Waals surface area contributed by atoms with Gasteiger partial charge in [-0.2, -0.15) is 13.2 Å². The van der Waals surface area contributed by atoms with E-state index in [1.165, 1.54) is 6.07 Å². The smallest absolute Gasteiger partial charge is 0.324 e. The SMILES string of the molecule is O=C(CN1CCNCC1)Nc1ccc(C(F)(F)F)nc1. The van der Waals surface area contributed by atoms with Gasteiger partial charge in [-0.1, -0.05) is 0 Å². The van der Waals surface area contributed by atoms with Crippen molar-refractivity contribution in [1.29, 1.82) is 0 Å². The van der Waals surface area contributed by atoms with E-state index in [0.717, 1.165) is 38.4 Å². The molecule has 1 aliphatic heterocycles. The van der Waals surface area contributed by atoms with Crippen molar-refractivity contribution in [2.75, 3.05) is 38.0 Å². The second kappa shape index (κ2) is 6.19. The van der Waals surface area contributed by atoms with Crippen LogP contribution in [0.3, 0.4) is 0 Å². The van der Waals surface area contributed by atoms with Crippen molar-refractivity contribution in [3.05, 3.63) is 24.0 Å². The number of nitrogens with zero attached hydrogens (tertiary/aromatic N) is 2. The number of alkyl halides is 3. The number of anilines is 1. The summed E-state index contributed by atoms with van der Waals surface area (Å²) in [5, 5.41) is 5.71. The van der Waals surface area contributed by atoms with Gasteiger partial charge in [0.2, 0.25) is 5.91 Å². The van der Waals surface area contributed by atoms with Gasteiger partial charge < -0.3 is 10.6 Å². The average Bonchev–Trinajstić information content (AvgIpc) is 2.39. The number of hydrogen-bond donors (Lipinski definition) is 2. The fraction of sp³-hybridized carbons (Fsp3) is 0.500. The molecule has 0 aromatic carbocycles. The van der Waals surface area contributed by atoms with Gasteiger partial charge in [-0.3, -0.25) is 9.69 Å². The summed E-state index contributed by atoms with van der Waals surface area (Å²) < 4.78 is 37.0. The van der Waals surface area contributed by atoms with Crippen molar-refractivity contribution in [2.24, 2.45) is 0 Å². The van der Waals surface area contributed by atoms with Gasteiger partial charge in [-0.05, 0) is 12.1 Å². The van der Waals surface area contributed by atoms with Crippen molar-refractivity contribution >= 4 is 11.6 Å². The van der Waals surface area contributed by atoms with Crippen LogP contribution in [0.25, 0.3) is 0 Å².